The zero-order valence-electron chi connectivity index (χ0n) is 20.9. The molecule has 0 saturated heterocycles. The average Bonchev–Trinajstić information content (AvgIpc) is 2.90. The van der Waals surface area contributed by atoms with Crippen molar-refractivity contribution in [3.05, 3.63) is 52.8 Å². The number of carbonyl (C=O) groups excluding carboxylic acids is 1. The summed E-state index contributed by atoms with van der Waals surface area (Å²) in [4.78, 5) is 27.5. The third-order valence-electron chi connectivity index (χ3n) is 6.40. The Hall–Kier alpha value is -3.85. The number of hydrogen-bond donors (Lipinski definition) is 2. The van der Waals surface area contributed by atoms with Gasteiger partial charge in [0.15, 0.2) is 6.10 Å². The molecule has 9 nitrogen and oxygen atoms in total. The molecule has 1 unspecified atom stereocenters. The Morgan fingerprint density at radius 3 is 2.42 bits per heavy atom. The van der Waals surface area contributed by atoms with Crippen LogP contribution in [0.25, 0.3) is 0 Å². The number of nitrogens with zero attached hydrogens (tertiary/aromatic N) is 2. The van der Waals surface area contributed by atoms with Gasteiger partial charge in [-0.1, -0.05) is 0 Å². The average molecular weight is 536 g/mol. The van der Waals surface area contributed by atoms with Gasteiger partial charge in [0.05, 0.1) is 25.2 Å². The number of aliphatic carboxylic acids is 1. The molecular formula is C26H28F3N3O6. The number of nitriles is 1. The first-order chi connectivity index (χ1) is 18.1. The largest absolute Gasteiger partial charge is 0.495 e. The summed E-state index contributed by atoms with van der Waals surface area (Å²) < 4.78 is 55.9. The summed E-state index contributed by atoms with van der Waals surface area (Å²) in [5, 5.41) is 21.6. The van der Waals surface area contributed by atoms with Crippen LogP contribution in [0.15, 0.2) is 30.3 Å². The quantitative estimate of drug-likeness (QED) is 0.459. The summed E-state index contributed by atoms with van der Waals surface area (Å²) in [6.07, 6.45) is -3.32. The number of methoxy groups -OCH3 is 2. The number of hydrogen-bond acceptors (Lipinski definition) is 7. The fourth-order valence-electron chi connectivity index (χ4n) is 4.31. The molecule has 3 rings (SSSR count). The van der Waals surface area contributed by atoms with Crippen LogP contribution in [-0.4, -0.2) is 49.3 Å². The number of amides is 1. The molecule has 0 aliphatic heterocycles. The maximum Gasteiger partial charge on any atom is 0.433 e. The first kappa shape index (κ1) is 28.7. The van der Waals surface area contributed by atoms with Gasteiger partial charge in [0, 0.05) is 19.2 Å². The highest BCUT2D eigenvalue weighted by atomic mass is 19.4. The summed E-state index contributed by atoms with van der Waals surface area (Å²) in [5.41, 5.74) is -1.10. The monoisotopic (exact) mass is 535 g/mol. The number of carboxylic acid groups (broad SMARTS) is 1. The van der Waals surface area contributed by atoms with E-state index in [1.54, 1.807) is 0 Å². The second-order valence-electron chi connectivity index (χ2n) is 8.93. The van der Waals surface area contributed by atoms with Crippen molar-refractivity contribution >= 4 is 11.9 Å². The number of ether oxygens (including phenoxy) is 3. The number of carbonyl (C=O) groups is 2. The van der Waals surface area contributed by atoms with Crippen molar-refractivity contribution in [1.82, 2.24) is 10.3 Å². The third kappa shape index (κ3) is 7.13. The van der Waals surface area contributed by atoms with Crippen LogP contribution in [-0.2, 0) is 15.7 Å². The fraction of sp³-hybridized carbons (Fsp3) is 0.462. The lowest BCUT2D eigenvalue weighted by Crippen LogP contribution is -2.32. The molecule has 1 amide bonds. The van der Waals surface area contributed by atoms with Crippen LogP contribution in [0.1, 0.15) is 59.1 Å². The second kappa shape index (κ2) is 12.6. The minimum Gasteiger partial charge on any atom is -0.495 e. The molecule has 1 fully saturated rings. The van der Waals surface area contributed by atoms with Crippen molar-refractivity contribution in [3.63, 3.8) is 0 Å². The summed E-state index contributed by atoms with van der Waals surface area (Å²) in [7, 11) is 2.62. The highest BCUT2D eigenvalue weighted by Gasteiger charge is 2.35. The van der Waals surface area contributed by atoms with Crippen molar-refractivity contribution < 1.29 is 42.1 Å². The Labute approximate surface area is 217 Å². The molecule has 1 aliphatic carbocycles. The number of carboxylic acids is 1. The molecule has 1 saturated carbocycles. The van der Waals surface area contributed by atoms with E-state index in [4.69, 9.17) is 19.3 Å². The van der Waals surface area contributed by atoms with E-state index < -0.39 is 29.9 Å². The summed E-state index contributed by atoms with van der Waals surface area (Å²) in [5.74, 6) is -1.32. The van der Waals surface area contributed by atoms with Crippen molar-refractivity contribution in [2.24, 2.45) is 11.8 Å². The molecule has 1 aromatic carbocycles. The molecule has 2 N–H and O–H groups in total. The Bertz CT molecular complexity index is 1190. The molecular weight excluding hydrogens is 507 g/mol. The van der Waals surface area contributed by atoms with Gasteiger partial charge in [-0.25, -0.2) is 4.98 Å². The summed E-state index contributed by atoms with van der Waals surface area (Å²) in [6.45, 7) is 0.185. The lowest BCUT2D eigenvalue weighted by Gasteiger charge is -2.26. The van der Waals surface area contributed by atoms with Crippen LogP contribution >= 0.6 is 0 Å². The molecule has 1 aliphatic rings. The lowest BCUT2D eigenvalue weighted by atomic mass is 9.82. The van der Waals surface area contributed by atoms with Crippen molar-refractivity contribution in [2.45, 2.75) is 38.0 Å². The van der Waals surface area contributed by atoms with Gasteiger partial charge in [-0.05, 0) is 61.9 Å². The van der Waals surface area contributed by atoms with E-state index in [1.165, 1.54) is 32.4 Å². The van der Waals surface area contributed by atoms with Gasteiger partial charge in [0.1, 0.15) is 29.0 Å². The zero-order chi connectivity index (χ0) is 27.9. The fourth-order valence-corrected chi connectivity index (χ4v) is 4.31. The van der Waals surface area contributed by atoms with E-state index in [0.717, 1.165) is 12.1 Å². The molecule has 1 aromatic heterocycles. The number of halogens is 3. The first-order valence-corrected chi connectivity index (χ1v) is 11.9. The highest BCUT2D eigenvalue weighted by molar-refractivity contribution is 5.94. The smallest absolute Gasteiger partial charge is 0.433 e. The lowest BCUT2D eigenvalue weighted by molar-refractivity contribution is -0.143. The van der Waals surface area contributed by atoms with E-state index in [-0.39, 0.29) is 46.8 Å². The van der Waals surface area contributed by atoms with Gasteiger partial charge >= 0.3 is 12.1 Å². The van der Waals surface area contributed by atoms with Crippen molar-refractivity contribution in [2.75, 3.05) is 27.4 Å². The molecule has 0 spiro atoms. The van der Waals surface area contributed by atoms with E-state index in [0.29, 0.717) is 32.2 Å². The molecule has 204 valence electrons. The Kier molecular flexibility index (Phi) is 9.52. The van der Waals surface area contributed by atoms with E-state index in [1.807, 2.05) is 6.07 Å². The van der Waals surface area contributed by atoms with Crippen LogP contribution in [0.2, 0.25) is 0 Å². The Morgan fingerprint density at radius 1 is 1.16 bits per heavy atom. The standard InChI is InChI=1S/C26H28F3N3O6/c1-36-14-21(23-20(37-2)9-10-22(32-23)26(27,28)29)38-19-8-7-17(11-18(19)12-30)24(33)31-13-15-3-5-16(6-4-15)25(34)35/h7-11,15-16,21H,3-6,13-14H2,1-2H3,(H,31,33)(H,34,35)/t15-,16-,21?. The second-order valence-corrected chi connectivity index (χ2v) is 8.93. The van der Waals surface area contributed by atoms with Crippen molar-refractivity contribution in [1.29, 1.82) is 5.26 Å². The number of alkyl halides is 3. The van der Waals surface area contributed by atoms with Gasteiger partial charge in [0.25, 0.3) is 5.91 Å². The summed E-state index contributed by atoms with van der Waals surface area (Å²) >= 11 is 0. The molecule has 38 heavy (non-hydrogen) atoms. The van der Waals surface area contributed by atoms with Crippen LogP contribution < -0.4 is 14.8 Å². The number of nitrogens with one attached hydrogen (secondary N) is 1. The predicted octanol–water partition coefficient (Wildman–Crippen LogP) is 4.37. The first-order valence-electron chi connectivity index (χ1n) is 11.9. The number of pyridine rings is 1. The van der Waals surface area contributed by atoms with Gasteiger partial charge in [0.2, 0.25) is 0 Å². The SMILES string of the molecule is COCC(Oc1ccc(C(=O)NC[C@H]2CC[C@H](C(=O)O)CC2)cc1C#N)c1nc(C(F)(F)F)ccc1OC. The van der Waals surface area contributed by atoms with E-state index in [2.05, 4.69) is 10.3 Å². The van der Waals surface area contributed by atoms with Crippen molar-refractivity contribution in [3.8, 4) is 17.6 Å². The zero-order valence-corrected chi connectivity index (χ0v) is 20.9. The highest BCUT2D eigenvalue weighted by Crippen LogP contribution is 2.35. The maximum atomic E-state index is 13.3. The molecule has 1 heterocycles. The molecule has 1 atom stereocenters. The van der Waals surface area contributed by atoms with Crippen LogP contribution in [0.5, 0.6) is 11.5 Å². The van der Waals surface area contributed by atoms with Gasteiger partial charge in [-0.2, -0.15) is 18.4 Å². The predicted molar refractivity (Wildman–Crippen MR) is 128 cm³/mol. The van der Waals surface area contributed by atoms with Crippen LogP contribution in [0.3, 0.4) is 0 Å². The number of benzene rings is 1. The topological polar surface area (TPSA) is 131 Å². The number of rotatable bonds is 10. The van der Waals surface area contributed by atoms with Crippen LogP contribution in [0, 0.1) is 23.2 Å². The minimum atomic E-state index is -4.69. The van der Waals surface area contributed by atoms with Gasteiger partial charge < -0.3 is 24.6 Å². The molecule has 0 radical (unpaired) electrons. The third-order valence-corrected chi connectivity index (χ3v) is 6.40. The van der Waals surface area contributed by atoms with E-state index in [9.17, 15) is 28.0 Å². The minimum absolute atomic E-state index is 0.00772. The van der Waals surface area contributed by atoms with Gasteiger partial charge in [-0.15, -0.1) is 0 Å². The molecule has 0 bridgehead atoms. The maximum absolute atomic E-state index is 13.3. The van der Waals surface area contributed by atoms with Crippen LogP contribution in [0.4, 0.5) is 13.2 Å². The number of aromatic nitrogens is 1. The van der Waals surface area contributed by atoms with Gasteiger partial charge in [-0.3, -0.25) is 9.59 Å². The van der Waals surface area contributed by atoms with E-state index >= 15 is 0 Å². The normalized spacial score (nSPS) is 18.2. The molecule has 2 aromatic rings. The Morgan fingerprint density at radius 2 is 1.84 bits per heavy atom. The summed E-state index contributed by atoms with van der Waals surface area (Å²) in [6, 6.07) is 8.01. The Balaban J connectivity index is 1.75. The molecule has 12 heteroatoms.